The molecule has 0 bridgehead atoms. The third-order valence-electron chi connectivity index (χ3n) is 4.11. The number of halogens is 2. The summed E-state index contributed by atoms with van der Waals surface area (Å²) in [6.07, 6.45) is 2.28. The van der Waals surface area contributed by atoms with E-state index in [1.807, 2.05) is 0 Å². The highest BCUT2D eigenvalue weighted by Gasteiger charge is 2.21. The van der Waals surface area contributed by atoms with E-state index in [9.17, 15) is 4.79 Å². The van der Waals surface area contributed by atoms with Gasteiger partial charge >= 0.3 is 0 Å². The smallest absolute Gasteiger partial charge is 0.251 e. The fourth-order valence-corrected chi connectivity index (χ4v) is 2.95. The quantitative estimate of drug-likeness (QED) is 0.910. The average Bonchev–Trinajstić information content (AvgIpc) is 2.48. The number of rotatable bonds is 4. The maximum absolute atomic E-state index is 12.1. The second-order valence-corrected chi connectivity index (χ2v) is 6.73. The van der Waals surface area contributed by atoms with Crippen LogP contribution in [0.15, 0.2) is 18.2 Å². The van der Waals surface area contributed by atoms with Crippen molar-refractivity contribution in [2.24, 2.45) is 5.92 Å². The number of carbonyl (C=O) groups excluding carboxylic acids is 1. The van der Waals surface area contributed by atoms with Gasteiger partial charge in [0, 0.05) is 18.2 Å². The molecule has 0 aromatic heterocycles. The number of nitrogens with zero attached hydrogens (tertiary/aromatic N) is 1. The first-order valence-corrected chi connectivity index (χ1v) is 8.20. The van der Waals surface area contributed by atoms with Gasteiger partial charge in [0.25, 0.3) is 5.91 Å². The zero-order valence-corrected chi connectivity index (χ0v) is 14.0. The Morgan fingerprint density at radius 3 is 2.52 bits per heavy atom. The minimum absolute atomic E-state index is 0.0835. The summed E-state index contributed by atoms with van der Waals surface area (Å²) in [6.45, 7) is 7.42. The summed E-state index contributed by atoms with van der Waals surface area (Å²) in [5.41, 5.74) is 0.559. The molecule has 116 valence electrons. The molecule has 2 rings (SSSR count). The van der Waals surface area contributed by atoms with Crippen molar-refractivity contribution in [1.82, 2.24) is 10.2 Å². The molecular weight excluding hydrogens is 307 g/mol. The molecular formula is C16H22Cl2N2O. The van der Waals surface area contributed by atoms with E-state index >= 15 is 0 Å². The van der Waals surface area contributed by atoms with Gasteiger partial charge in [-0.3, -0.25) is 4.79 Å². The van der Waals surface area contributed by atoms with Crippen LogP contribution in [0.1, 0.15) is 37.0 Å². The van der Waals surface area contributed by atoms with Gasteiger partial charge in [0.2, 0.25) is 0 Å². The summed E-state index contributed by atoms with van der Waals surface area (Å²) < 4.78 is 0. The van der Waals surface area contributed by atoms with Crippen molar-refractivity contribution in [3.8, 4) is 0 Å². The summed E-state index contributed by atoms with van der Waals surface area (Å²) in [6, 6.07) is 5.57. The highest BCUT2D eigenvalue weighted by Crippen LogP contribution is 2.23. The minimum atomic E-state index is -0.0835. The van der Waals surface area contributed by atoms with E-state index < -0.39 is 0 Å². The van der Waals surface area contributed by atoms with Crippen molar-refractivity contribution in [3.63, 3.8) is 0 Å². The van der Waals surface area contributed by atoms with Crippen molar-refractivity contribution < 1.29 is 4.79 Å². The number of hydrogen-bond acceptors (Lipinski definition) is 2. The lowest BCUT2D eigenvalue weighted by atomic mass is 9.96. The van der Waals surface area contributed by atoms with E-state index in [0.29, 0.717) is 27.6 Å². The standard InChI is InChI=1S/C16H22Cl2N2O/c1-11(2)20-7-5-12(6-8-20)10-19-16(21)13-3-4-14(17)15(18)9-13/h3-4,9,11-12H,5-8,10H2,1-2H3,(H,19,21). The van der Waals surface area contributed by atoms with Gasteiger partial charge in [-0.15, -0.1) is 0 Å². The molecule has 0 radical (unpaired) electrons. The summed E-state index contributed by atoms with van der Waals surface area (Å²) in [7, 11) is 0. The molecule has 1 amide bonds. The number of piperidine rings is 1. The summed E-state index contributed by atoms with van der Waals surface area (Å²) in [5, 5.41) is 3.88. The zero-order valence-electron chi connectivity index (χ0n) is 12.5. The summed E-state index contributed by atoms with van der Waals surface area (Å²) >= 11 is 11.8. The number of benzene rings is 1. The number of hydrogen-bond donors (Lipinski definition) is 1. The monoisotopic (exact) mass is 328 g/mol. The predicted molar refractivity (Wildman–Crippen MR) is 88.2 cm³/mol. The van der Waals surface area contributed by atoms with Gasteiger partial charge in [-0.05, 0) is 63.9 Å². The molecule has 1 aliphatic rings. The molecule has 1 fully saturated rings. The molecule has 0 atom stereocenters. The van der Waals surface area contributed by atoms with E-state index in [0.717, 1.165) is 32.5 Å². The molecule has 3 nitrogen and oxygen atoms in total. The molecule has 1 heterocycles. The highest BCUT2D eigenvalue weighted by atomic mass is 35.5. The molecule has 0 spiro atoms. The molecule has 0 saturated carbocycles. The average molecular weight is 329 g/mol. The van der Waals surface area contributed by atoms with Crippen LogP contribution in [0.5, 0.6) is 0 Å². The van der Waals surface area contributed by atoms with Crippen molar-refractivity contribution >= 4 is 29.1 Å². The Kier molecular flexibility index (Phi) is 5.91. The van der Waals surface area contributed by atoms with Crippen LogP contribution >= 0.6 is 23.2 Å². The van der Waals surface area contributed by atoms with Crippen LogP contribution in [0.3, 0.4) is 0 Å². The van der Waals surface area contributed by atoms with Gasteiger partial charge in [0.1, 0.15) is 0 Å². The summed E-state index contributed by atoms with van der Waals surface area (Å²) in [4.78, 5) is 14.6. The molecule has 21 heavy (non-hydrogen) atoms. The fourth-order valence-electron chi connectivity index (χ4n) is 2.65. The van der Waals surface area contributed by atoms with E-state index in [2.05, 4.69) is 24.1 Å². The highest BCUT2D eigenvalue weighted by molar-refractivity contribution is 6.42. The van der Waals surface area contributed by atoms with Crippen LogP contribution in [0, 0.1) is 5.92 Å². The van der Waals surface area contributed by atoms with Crippen LogP contribution in [0.25, 0.3) is 0 Å². The Hall–Kier alpha value is -0.770. The second-order valence-electron chi connectivity index (χ2n) is 5.91. The Morgan fingerprint density at radius 1 is 1.29 bits per heavy atom. The van der Waals surface area contributed by atoms with E-state index in [1.54, 1.807) is 18.2 Å². The lowest BCUT2D eigenvalue weighted by Gasteiger charge is -2.34. The molecule has 1 aromatic rings. The van der Waals surface area contributed by atoms with Crippen molar-refractivity contribution in [2.45, 2.75) is 32.7 Å². The largest absolute Gasteiger partial charge is 0.352 e. The Balaban J connectivity index is 1.81. The summed E-state index contributed by atoms with van der Waals surface area (Å²) in [5.74, 6) is 0.478. The predicted octanol–water partition coefficient (Wildman–Crippen LogP) is 3.84. The molecule has 5 heteroatoms. The van der Waals surface area contributed by atoms with Crippen LogP contribution in [0.2, 0.25) is 10.0 Å². The lowest BCUT2D eigenvalue weighted by Crippen LogP contribution is -2.41. The third-order valence-corrected chi connectivity index (χ3v) is 4.85. The first kappa shape index (κ1) is 16.6. The van der Waals surface area contributed by atoms with Crippen LogP contribution in [-0.2, 0) is 0 Å². The first-order chi connectivity index (χ1) is 9.97. The number of carbonyl (C=O) groups is 1. The maximum Gasteiger partial charge on any atom is 0.251 e. The maximum atomic E-state index is 12.1. The Morgan fingerprint density at radius 2 is 1.95 bits per heavy atom. The van der Waals surface area contributed by atoms with Gasteiger partial charge < -0.3 is 10.2 Å². The first-order valence-electron chi connectivity index (χ1n) is 7.44. The van der Waals surface area contributed by atoms with Gasteiger partial charge in [0.15, 0.2) is 0 Å². The molecule has 0 aliphatic carbocycles. The van der Waals surface area contributed by atoms with Crippen molar-refractivity contribution in [3.05, 3.63) is 33.8 Å². The molecule has 1 aromatic carbocycles. The molecule has 1 saturated heterocycles. The third kappa shape index (κ3) is 4.60. The van der Waals surface area contributed by atoms with Gasteiger partial charge in [-0.1, -0.05) is 23.2 Å². The lowest BCUT2D eigenvalue weighted by molar-refractivity contribution is 0.0929. The van der Waals surface area contributed by atoms with Gasteiger partial charge in [-0.25, -0.2) is 0 Å². The number of amides is 1. The number of nitrogens with one attached hydrogen (secondary N) is 1. The normalized spacial score (nSPS) is 17.2. The van der Waals surface area contributed by atoms with Crippen molar-refractivity contribution in [1.29, 1.82) is 0 Å². The SMILES string of the molecule is CC(C)N1CCC(CNC(=O)c2ccc(Cl)c(Cl)c2)CC1. The van der Waals surface area contributed by atoms with Crippen molar-refractivity contribution in [2.75, 3.05) is 19.6 Å². The van der Waals surface area contributed by atoms with Crippen LogP contribution in [-0.4, -0.2) is 36.5 Å². The molecule has 1 N–H and O–H groups in total. The Bertz CT molecular complexity index is 497. The minimum Gasteiger partial charge on any atom is -0.352 e. The van der Waals surface area contributed by atoms with Crippen LogP contribution < -0.4 is 5.32 Å². The molecule has 0 unspecified atom stereocenters. The van der Waals surface area contributed by atoms with Crippen LogP contribution in [0.4, 0.5) is 0 Å². The fraction of sp³-hybridized carbons (Fsp3) is 0.562. The Labute approximate surface area is 136 Å². The van der Waals surface area contributed by atoms with Gasteiger partial charge in [-0.2, -0.15) is 0 Å². The molecule has 1 aliphatic heterocycles. The van der Waals surface area contributed by atoms with E-state index in [-0.39, 0.29) is 5.91 Å². The topological polar surface area (TPSA) is 32.3 Å². The van der Waals surface area contributed by atoms with E-state index in [1.165, 1.54) is 0 Å². The van der Waals surface area contributed by atoms with Gasteiger partial charge in [0.05, 0.1) is 10.0 Å². The zero-order chi connectivity index (χ0) is 15.4. The number of likely N-dealkylation sites (tertiary alicyclic amines) is 1. The van der Waals surface area contributed by atoms with E-state index in [4.69, 9.17) is 23.2 Å². The second kappa shape index (κ2) is 7.48.